The molecule has 40 heteroatoms. The van der Waals surface area contributed by atoms with Gasteiger partial charge in [0, 0.05) is 74.4 Å². The van der Waals surface area contributed by atoms with E-state index in [0.717, 1.165) is 0 Å². The molecule has 12 heterocycles. The molecule has 0 amide bonds. The largest absolute Gasteiger partial charge is 3.00 e. The first-order chi connectivity index (χ1) is 30.0. The fraction of sp³-hybridized carbons (Fsp3) is 0. The van der Waals surface area contributed by atoms with Crippen molar-refractivity contribution in [2.24, 2.45) is 0 Å². The van der Waals surface area contributed by atoms with Gasteiger partial charge in [-0.3, -0.25) is 0 Å². The van der Waals surface area contributed by atoms with Crippen LogP contribution in [0.25, 0.3) is 0 Å². The van der Waals surface area contributed by atoms with Crippen molar-refractivity contribution in [3.05, 3.63) is 222 Å². The van der Waals surface area contributed by atoms with E-state index in [-0.39, 0.29) is 208 Å². The van der Waals surface area contributed by atoms with E-state index in [1.807, 2.05) is 0 Å². The van der Waals surface area contributed by atoms with E-state index in [0.29, 0.717) is 0 Å². The van der Waals surface area contributed by atoms with Crippen LogP contribution in [-0.4, -0.2) is 61.2 Å². The van der Waals surface area contributed by atoms with Gasteiger partial charge in [-0.15, -0.1) is 0 Å². The van der Waals surface area contributed by atoms with Gasteiger partial charge < -0.3 is 194 Å². The summed E-state index contributed by atoms with van der Waals surface area (Å²) >= 11 is 0. The minimum absolute atomic E-state index is 0. The minimum Gasteiger partial charge on any atom is -2.00 e. The molecule has 0 saturated heterocycles. The third-order valence-corrected chi connectivity index (χ3v) is 4.47. The molecular weight excluding hydrogens is 1420 g/mol. The topological polar surface area (TPSA) is 438 Å². The van der Waals surface area contributed by atoms with Gasteiger partial charge in [0.2, 0.25) is 0 Å². The van der Waals surface area contributed by atoms with Crippen molar-refractivity contribution in [1.82, 2.24) is 122 Å². The maximum atomic E-state index is 3.47. The predicted octanol–water partition coefficient (Wildman–Crippen LogP) is -12.0. The average molecular weight is 1460 g/mol. The Morgan fingerprint density at radius 3 is 0.224 bits per heavy atom. The number of hydrogen-bond acceptors (Lipinski definition) is 12. The number of aromatic nitrogens is 24. The molecule has 0 aliphatic rings. The zero-order chi connectivity index (χ0) is 42.4. The smallest absolute Gasteiger partial charge is 2.00 e. The Labute approximate surface area is 546 Å². The van der Waals surface area contributed by atoms with E-state index in [2.05, 4.69) is 122 Å². The van der Waals surface area contributed by atoms with Crippen molar-refractivity contribution < 1.29 is 208 Å². The molecule has 8 radical (unpaired) electrons. The van der Waals surface area contributed by atoms with E-state index in [1.165, 1.54) is 0 Å². The fourth-order valence-electron chi connectivity index (χ4n) is 2.31. The van der Waals surface area contributed by atoms with Gasteiger partial charge in [0.1, 0.15) is 0 Å². The van der Waals surface area contributed by atoms with E-state index < -0.39 is 0 Å². The average Bonchev–Trinajstić information content (AvgIpc) is 4.19. The van der Waals surface area contributed by atoms with Gasteiger partial charge in [-0.05, 0) is 0 Å². The van der Waals surface area contributed by atoms with Crippen LogP contribution in [0.15, 0.2) is 222 Å². The normalized spacial score (nSPS) is 6.32. The monoisotopic (exact) mass is 1460 g/mol. The molecule has 0 N–H and O–H groups in total. The Kier molecular flexibility index (Phi) is 168. The minimum atomic E-state index is 0. The molecule has 0 aliphatic carbocycles. The maximum Gasteiger partial charge on any atom is 3.00 e. The van der Waals surface area contributed by atoms with Gasteiger partial charge in [0.25, 0.3) is 0 Å². The Bertz CT molecular complexity index is 1380. The van der Waals surface area contributed by atoms with Crippen molar-refractivity contribution >= 4 is 0 Å². The SMILES string of the molecule is [Cl-].[Cl-].[Cl-].[Cl-].[Fe+3].[Fe+3].[Fe+3].[Fe+3].[Fe+3].[Fe+3].[Fe+3].[Fe+3].[O-2].[O-2].[O-2].[O-2].c1cn[n-]c1.c1cn[n-]c1.c1cn[n-]c1.c1cn[n-]c1.c1cn[n-]c1.c1cn[n-]c1.c1cn[n-]c1.c1cn[n-]c1.c1cn[n-]c1.c1cn[n-]c1.c1cn[n-]c1.c1cn[n-]c1. The molecule has 0 spiro atoms. The molecule has 0 bridgehead atoms. The van der Waals surface area contributed by atoms with Gasteiger partial charge in [-0.2, -0.15) is 74.4 Å². The van der Waals surface area contributed by atoms with Gasteiger partial charge in [-0.25, -0.2) is 0 Å². The van der Waals surface area contributed by atoms with E-state index in [4.69, 9.17) is 0 Å². The summed E-state index contributed by atoms with van der Waals surface area (Å²) in [5.74, 6) is 0. The van der Waals surface area contributed by atoms with Crippen LogP contribution in [0.5, 0.6) is 0 Å². The van der Waals surface area contributed by atoms with Gasteiger partial charge in [0.15, 0.2) is 0 Å². The van der Waals surface area contributed by atoms with Gasteiger partial charge in [0.05, 0.1) is 0 Å². The van der Waals surface area contributed by atoms with Crippen LogP contribution in [0.1, 0.15) is 0 Å². The molecule has 0 atom stereocenters. The predicted molar refractivity (Wildman–Crippen MR) is 213 cm³/mol. The van der Waals surface area contributed by atoms with Crippen LogP contribution >= 0.6 is 0 Å². The van der Waals surface area contributed by atoms with Crippen molar-refractivity contribution in [2.45, 2.75) is 0 Å². The fourth-order valence-corrected chi connectivity index (χ4v) is 2.31. The third kappa shape index (κ3) is 106. The van der Waals surface area contributed by atoms with Crippen LogP contribution in [0.4, 0.5) is 0 Å². The van der Waals surface area contributed by atoms with Crippen LogP contribution < -0.4 is 111 Å². The molecule has 12 aromatic heterocycles. The molecule has 0 unspecified atom stereocenters. The van der Waals surface area contributed by atoms with Crippen molar-refractivity contribution in [3.63, 3.8) is 0 Å². The van der Waals surface area contributed by atoms with Crippen molar-refractivity contribution in [3.8, 4) is 0 Å². The molecule has 0 aromatic carbocycles. The molecule has 12 rings (SSSR count). The van der Waals surface area contributed by atoms with Crippen molar-refractivity contribution in [1.29, 1.82) is 0 Å². The molecule has 28 nitrogen and oxygen atoms in total. The first-order valence-electron chi connectivity index (χ1n) is 16.6. The van der Waals surface area contributed by atoms with E-state index >= 15 is 0 Å². The first kappa shape index (κ1) is 115. The molecular formula is C36H36Cl4Fe8N24O4. The second-order valence-electron chi connectivity index (χ2n) is 8.66. The quantitative estimate of drug-likeness (QED) is 0.127. The van der Waals surface area contributed by atoms with E-state index in [9.17, 15) is 0 Å². The number of halogens is 4. The van der Waals surface area contributed by atoms with Crippen LogP contribution in [0, 0.1) is 0 Å². The molecule has 76 heavy (non-hydrogen) atoms. The summed E-state index contributed by atoms with van der Waals surface area (Å²) in [4.78, 5) is 0. The summed E-state index contributed by atoms with van der Waals surface area (Å²) in [6, 6.07) is 21.3. The molecule has 416 valence electrons. The summed E-state index contributed by atoms with van der Waals surface area (Å²) in [5.41, 5.74) is 0. The van der Waals surface area contributed by atoms with Gasteiger partial charge >= 0.3 is 137 Å². The van der Waals surface area contributed by atoms with E-state index in [1.54, 1.807) is 222 Å². The molecule has 0 saturated carbocycles. The van der Waals surface area contributed by atoms with Crippen LogP contribution in [0.3, 0.4) is 0 Å². The Morgan fingerprint density at radius 1 is 0.145 bits per heavy atom. The molecule has 12 aromatic rings. The molecule has 0 fully saturated rings. The van der Waals surface area contributed by atoms with Gasteiger partial charge in [-0.1, -0.05) is 72.8 Å². The standard InChI is InChI=1S/12C3H3N2.4ClH.8Fe.4O/c12*1-2-4-5-3-1;;;;;;;;;;;;;;;;/h12*1-3H;4*1H;;;;;;;;;;;;/q12*-1;;;;;8*+3;4*-2/p-4. The Hall–Kier alpha value is -4.32. The zero-order valence-corrected chi connectivity index (χ0v) is 49.3. The third-order valence-electron chi connectivity index (χ3n) is 4.47. The van der Waals surface area contributed by atoms with Crippen molar-refractivity contribution in [2.75, 3.05) is 0 Å². The Morgan fingerprint density at radius 2 is 0.211 bits per heavy atom. The summed E-state index contributed by atoms with van der Waals surface area (Å²) < 4.78 is 0. The summed E-state index contributed by atoms with van der Waals surface area (Å²) in [7, 11) is 0. The summed E-state index contributed by atoms with van der Waals surface area (Å²) in [5, 5.41) is 83.3. The number of nitrogens with zero attached hydrogens (tertiary/aromatic N) is 24. The Balaban J connectivity index is -0.0000000362. The second-order valence-corrected chi connectivity index (χ2v) is 8.66. The second kappa shape index (κ2) is 111. The number of hydrogen-bond donors (Lipinski definition) is 0. The van der Waals surface area contributed by atoms with Crippen LogP contribution in [-0.2, 0) is 158 Å². The molecule has 0 aliphatic heterocycles. The first-order valence-corrected chi connectivity index (χ1v) is 16.6. The number of rotatable bonds is 0. The summed E-state index contributed by atoms with van der Waals surface area (Å²) in [6.45, 7) is 0. The summed E-state index contributed by atoms with van der Waals surface area (Å²) in [6.07, 6.45) is 39.3. The maximum absolute atomic E-state index is 3.47. The van der Waals surface area contributed by atoms with Crippen LogP contribution in [0.2, 0.25) is 0 Å². The zero-order valence-electron chi connectivity index (χ0n) is 37.5.